The molecule has 0 amide bonds. The Kier molecular flexibility index (Phi) is 8.85. The highest BCUT2D eigenvalue weighted by atomic mass is 32.2. The van der Waals surface area contributed by atoms with Crippen molar-refractivity contribution in [3.8, 4) is 11.5 Å². The lowest BCUT2D eigenvalue weighted by atomic mass is 9.92. The van der Waals surface area contributed by atoms with Crippen LogP contribution in [0, 0.1) is 28.8 Å². The molecule has 9 nitrogen and oxygen atoms in total. The van der Waals surface area contributed by atoms with Gasteiger partial charge >= 0.3 is 5.97 Å². The third kappa shape index (κ3) is 7.51. The molecule has 0 spiro atoms. The van der Waals surface area contributed by atoms with E-state index in [0.29, 0.717) is 23.3 Å². The minimum absolute atomic E-state index is 0.0443. The second-order valence-electron chi connectivity index (χ2n) is 10.1. The molecule has 1 aliphatic carbocycles. The van der Waals surface area contributed by atoms with Gasteiger partial charge in [-0.05, 0) is 73.2 Å². The first-order valence-electron chi connectivity index (χ1n) is 13.2. The minimum atomic E-state index is -4.31. The number of halogens is 3. The highest BCUT2D eigenvalue weighted by Crippen LogP contribution is 2.38. The Bertz CT molecular complexity index is 1910. The average Bonchev–Trinajstić information content (AvgIpc) is 3.65. The molecule has 1 fully saturated rings. The van der Waals surface area contributed by atoms with E-state index >= 15 is 0 Å². The summed E-state index contributed by atoms with van der Waals surface area (Å²) >= 11 is 1.05. The number of hydrogen-bond acceptors (Lipinski definition) is 8. The summed E-state index contributed by atoms with van der Waals surface area (Å²) in [6.07, 6.45) is 2.23. The van der Waals surface area contributed by atoms with Gasteiger partial charge in [0, 0.05) is 34.7 Å². The van der Waals surface area contributed by atoms with Crippen LogP contribution in [0.15, 0.2) is 82.2 Å². The summed E-state index contributed by atoms with van der Waals surface area (Å²) < 4.78 is 72.4. The lowest BCUT2D eigenvalue weighted by Gasteiger charge is -2.19. The van der Waals surface area contributed by atoms with E-state index < -0.39 is 38.3 Å². The Morgan fingerprint density at radius 2 is 1.86 bits per heavy atom. The zero-order chi connectivity index (χ0) is 31.6. The van der Waals surface area contributed by atoms with E-state index in [1.165, 1.54) is 41.8 Å². The number of allylic oxidation sites excluding steroid dienone is 2. The summed E-state index contributed by atoms with van der Waals surface area (Å²) in [6, 6.07) is 12.3. The summed E-state index contributed by atoms with van der Waals surface area (Å²) in [7, 11) is -4.31. The van der Waals surface area contributed by atoms with Crippen LogP contribution in [0.3, 0.4) is 0 Å². The number of thiazole rings is 1. The minimum Gasteiger partial charge on any atom is -0.476 e. The van der Waals surface area contributed by atoms with Crippen LogP contribution in [0.5, 0.6) is 11.5 Å². The predicted octanol–water partition coefficient (Wildman–Crippen LogP) is 6.48. The molecule has 0 atom stereocenters. The molecule has 1 heterocycles. The third-order valence-electron chi connectivity index (χ3n) is 6.76. The van der Waals surface area contributed by atoms with E-state index in [0.717, 1.165) is 48.4 Å². The summed E-state index contributed by atoms with van der Waals surface area (Å²) in [4.78, 5) is 14.8. The van der Waals surface area contributed by atoms with Crippen LogP contribution in [0.25, 0.3) is 0 Å². The van der Waals surface area contributed by atoms with E-state index in [9.17, 15) is 36.9 Å². The molecule has 0 unspecified atom stereocenters. The molecule has 4 aromatic rings. The van der Waals surface area contributed by atoms with Crippen molar-refractivity contribution in [1.82, 2.24) is 4.98 Å². The van der Waals surface area contributed by atoms with Crippen molar-refractivity contribution >= 4 is 38.2 Å². The number of carboxylic acid groups (broad SMARTS) is 1. The van der Waals surface area contributed by atoms with E-state index in [2.05, 4.69) is 10.3 Å². The van der Waals surface area contributed by atoms with E-state index in [-0.39, 0.29) is 45.9 Å². The molecule has 1 saturated carbocycles. The van der Waals surface area contributed by atoms with Gasteiger partial charge in [0.25, 0.3) is 0 Å². The van der Waals surface area contributed by atoms with Crippen LogP contribution in [-0.2, 0) is 16.4 Å². The molecule has 0 bridgehead atoms. The number of sulfonamides is 1. The molecular formula is C30H25F3N4O5S2. The largest absolute Gasteiger partial charge is 0.476 e. The number of anilines is 1. The standard InChI is InChI=1S/C30H25F3N4O5S2/c31-19-2-1-3-20(14-19)42-26-13-18(7-8-22(26)32)28(34)21(10-17-6-9-27(23(33)11-17)44(35,40)41)24(12-16-4-5-16)36-30-37-25(15-43-30)29(38)39/h1-3,6-9,11,13-16,34H,4-5,10,12H2,(H,36,37)(H,38,39)(H2,35,40,41)/b24-21-,34-28?. The number of carboxylic acids is 1. The number of aromatic nitrogens is 1. The maximum absolute atomic E-state index is 14.8. The summed E-state index contributed by atoms with van der Waals surface area (Å²) in [5.41, 5.74) is 1.12. The topological polar surface area (TPSA) is 155 Å². The van der Waals surface area contributed by atoms with Gasteiger partial charge in [-0.2, -0.15) is 0 Å². The van der Waals surface area contributed by atoms with Gasteiger partial charge in [-0.1, -0.05) is 12.1 Å². The van der Waals surface area contributed by atoms with Crippen LogP contribution >= 0.6 is 11.3 Å². The zero-order valence-electron chi connectivity index (χ0n) is 22.8. The number of rotatable bonds is 12. The Balaban J connectivity index is 1.58. The number of aromatic carboxylic acids is 1. The number of nitrogens with one attached hydrogen (secondary N) is 2. The zero-order valence-corrected chi connectivity index (χ0v) is 24.4. The first-order valence-corrected chi connectivity index (χ1v) is 15.6. The van der Waals surface area contributed by atoms with Gasteiger partial charge in [-0.25, -0.2) is 36.5 Å². The van der Waals surface area contributed by atoms with Crippen LogP contribution in [0.1, 0.15) is 40.9 Å². The van der Waals surface area contributed by atoms with Crippen LogP contribution < -0.4 is 15.2 Å². The number of nitrogens with two attached hydrogens (primary N) is 1. The van der Waals surface area contributed by atoms with E-state index in [1.54, 1.807) is 0 Å². The molecule has 1 aliphatic rings. The van der Waals surface area contributed by atoms with Crippen molar-refractivity contribution in [2.24, 2.45) is 11.1 Å². The van der Waals surface area contributed by atoms with Gasteiger partial charge < -0.3 is 15.2 Å². The van der Waals surface area contributed by atoms with Gasteiger partial charge in [-0.3, -0.25) is 5.41 Å². The lowest BCUT2D eigenvalue weighted by Crippen LogP contribution is -2.16. The highest BCUT2D eigenvalue weighted by Gasteiger charge is 2.27. The molecule has 0 saturated heterocycles. The molecule has 0 radical (unpaired) electrons. The van der Waals surface area contributed by atoms with Gasteiger partial charge in [0.05, 0.1) is 5.71 Å². The maximum Gasteiger partial charge on any atom is 0.355 e. The molecule has 3 aromatic carbocycles. The fourth-order valence-electron chi connectivity index (χ4n) is 4.42. The predicted molar refractivity (Wildman–Crippen MR) is 158 cm³/mol. The fourth-order valence-corrected chi connectivity index (χ4v) is 5.72. The second kappa shape index (κ2) is 12.6. The van der Waals surface area contributed by atoms with Crippen LogP contribution in [-0.4, -0.2) is 30.2 Å². The third-order valence-corrected chi connectivity index (χ3v) is 8.47. The number of hydrogen-bond donors (Lipinski definition) is 4. The monoisotopic (exact) mass is 642 g/mol. The molecular weight excluding hydrogens is 617 g/mol. The number of benzene rings is 3. The Morgan fingerprint density at radius 3 is 2.50 bits per heavy atom. The van der Waals surface area contributed by atoms with Crippen molar-refractivity contribution < 1.29 is 36.2 Å². The lowest BCUT2D eigenvalue weighted by molar-refractivity contribution is 0.0691. The molecule has 5 rings (SSSR count). The van der Waals surface area contributed by atoms with Gasteiger partial charge in [0.2, 0.25) is 10.0 Å². The van der Waals surface area contributed by atoms with Crippen molar-refractivity contribution in [3.63, 3.8) is 0 Å². The molecule has 5 N–H and O–H groups in total. The summed E-state index contributed by atoms with van der Waals surface area (Å²) in [5, 5.41) is 28.4. The first kappa shape index (κ1) is 30.9. The number of nitrogens with zero attached hydrogens (tertiary/aromatic N) is 1. The van der Waals surface area contributed by atoms with Crippen LogP contribution in [0.2, 0.25) is 0 Å². The summed E-state index contributed by atoms with van der Waals surface area (Å²) in [5.74, 6) is -3.56. The SMILES string of the molecule is N=C(/C(Cc1ccc(S(N)(=O)=O)c(F)c1)=C(/CC1CC1)Nc1nc(C(=O)O)cs1)c1ccc(F)c(Oc2cccc(F)c2)c1. The molecule has 14 heteroatoms. The molecule has 44 heavy (non-hydrogen) atoms. The van der Waals surface area contributed by atoms with Crippen molar-refractivity contribution in [3.05, 3.63) is 112 Å². The van der Waals surface area contributed by atoms with Crippen LogP contribution in [0.4, 0.5) is 18.3 Å². The number of carbonyl (C=O) groups is 1. The van der Waals surface area contributed by atoms with Crippen molar-refractivity contribution in [2.45, 2.75) is 30.6 Å². The first-order chi connectivity index (χ1) is 20.9. The van der Waals surface area contributed by atoms with Crippen molar-refractivity contribution in [2.75, 3.05) is 5.32 Å². The highest BCUT2D eigenvalue weighted by molar-refractivity contribution is 7.89. The van der Waals surface area contributed by atoms with Gasteiger partial charge in [0.1, 0.15) is 22.3 Å². The van der Waals surface area contributed by atoms with E-state index in [4.69, 9.17) is 9.88 Å². The fraction of sp³-hybridized carbons (Fsp3) is 0.167. The maximum atomic E-state index is 14.8. The van der Waals surface area contributed by atoms with Gasteiger partial charge in [-0.15, -0.1) is 11.3 Å². The number of primary sulfonamides is 1. The van der Waals surface area contributed by atoms with E-state index in [1.807, 2.05) is 0 Å². The van der Waals surface area contributed by atoms with Crippen molar-refractivity contribution in [1.29, 1.82) is 5.41 Å². The Labute approximate surface area is 254 Å². The number of ether oxygens (including phenoxy) is 1. The Hall–Kier alpha value is -4.53. The molecule has 0 aliphatic heterocycles. The Morgan fingerprint density at radius 1 is 1.09 bits per heavy atom. The molecule has 1 aromatic heterocycles. The second-order valence-corrected chi connectivity index (χ2v) is 12.5. The smallest absolute Gasteiger partial charge is 0.355 e. The summed E-state index contributed by atoms with van der Waals surface area (Å²) in [6.45, 7) is 0. The quantitative estimate of drug-likeness (QED) is 0.129. The molecule has 228 valence electrons. The average molecular weight is 643 g/mol. The normalized spacial score (nSPS) is 13.7. The van der Waals surface area contributed by atoms with Gasteiger partial charge in [0.15, 0.2) is 22.4 Å².